The van der Waals surface area contributed by atoms with Gasteiger partial charge in [0.05, 0.1) is 11.2 Å². The lowest BCUT2D eigenvalue weighted by molar-refractivity contribution is -0.132. The van der Waals surface area contributed by atoms with Crippen molar-refractivity contribution < 1.29 is 31.6 Å². The van der Waals surface area contributed by atoms with Gasteiger partial charge in [0, 0.05) is 31.7 Å². The smallest absolute Gasteiger partial charge is 0.288 e. The van der Waals surface area contributed by atoms with Crippen molar-refractivity contribution >= 4 is 27.6 Å². The number of hydrogen-bond donors (Lipinski definition) is 1. The normalized spacial score (nSPS) is 14.8. The molecule has 1 aliphatic heterocycles. The van der Waals surface area contributed by atoms with E-state index < -0.39 is 38.7 Å². The van der Waals surface area contributed by atoms with Crippen molar-refractivity contribution in [1.82, 2.24) is 15.1 Å². The topological polar surface area (TPSA) is 117 Å². The van der Waals surface area contributed by atoms with Crippen LogP contribution in [0.4, 0.5) is 4.39 Å². The predicted molar refractivity (Wildman–Crippen MR) is 127 cm³/mol. The Kier molecular flexibility index (Phi) is 7.20. The van der Waals surface area contributed by atoms with Crippen LogP contribution in [0.25, 0.3) is 0 Å². The van der Waals surface area contributed by atoms with Crippen LogP contribution in [-0.2, 0) is 14.6 Å². The molecular weight excluding hydrogens is 489 g/mol. The Bertz CT molecular complexity index is 1370. The molecule has 0 radical (unpaired) electrons. The molecule has 0 unspecified atom stereocenters. The zero-order valence-corrected chi connectivity index (χ0v) is 20.2. The van der Waals surface area contributed by atoms with E-state index >= 15 is 0 Å². The molecule has 11 heteroatoms. The molecule has 1 N–H and O–H groups in total. The molecule has 1 fully saturated rings. The minimum Gasteiger partial charge on any atom is -0.459 e. The Morgan fingerprint density at radius 3 is 2.22 bits per heavy atom. The highest BCUT2D eigenvalue weighted by molar-refractivity contribution is 7.92. The molecule has 1 aliphatic rings. The quantitative estimate of drug-likeness (QED) is 0.540. The lowest BCUT2D eigenvalue weighted by atomic mass is 10.1. The molecule has 1 saturated heterocycles. The van der Waals surface area contributed by atoms with Gasteiger partial charge in [-0.1, -0.05) is 23.8 Å². The number of piperazine rings is 1. The number of nitrogens with one attached hydrogen (secondary N) is 1. The van der Waals surface area contributed by atoms with Gasteiger partial charge in [-0.2, -0.15) is 0 Å². The third kappa shape index (κ3) is 5.30. The predicted octanol–water partition coefficient (Wildman–Crippen LogP) is 2.24. The first kappa shape index (κ1) is 25.1. The molecule has 2 heterocycles. The van der Waals surface area contributed by atoms with Crippen LogP contribution in [-0.4, -0.2) is 67.5 Å². The molecular formula is C25H24FN3O6S. The van der Waals surface area contributed by atoms with Crippen molar-refractivity contribution in [1.29, 1.82) is 0 Å². The van der Waals surface area contributed by atoms with Crippen LogP contribution >= 0.6 is 0 Å². The van der Waals surface area contributed by atoms with Gasteiger partial charge in [-0.15, -0.1) is 0 Å². The number of carbonyl (C=O) groups excluding carboxylic acids is 3. The largest absolute Gasteiger partial charge is 0.459 e. The monoisotopic (exact) mass is 513 g/mol. The van der Waals surface area contributed by atoms with Gasteiger partial charge in [0.2, 0.25) is 15.2 Å². The third-order valence-corrected chi connectivity index (χ3v) is 7.71. The minimum atomic E-state index is -4.32. The van der Waals surface area contributed by atoms with E-state index in [0.717, 1.165) is 11.6 Å². The third-order valence-electron chi connectivity index (χ3n) is 5.84. The number of amides is 3. The summed E-state index contributed by atoms with van der Waals surface area (Å²) < 4.78 is 45.4. The van der Waals surface area contributed by atoms with Crippen LogP contribution < -0.4 is 5.32 Å². The van der Waals surface area contributed by atoms with Gasteiger partial charge >= 0.3 is 0 Å². The number of benzene rings is 2. The first-order valence-corrected chi connectivity index (χ1v) is 12.7. The molecule has 0 spiro atoms. The summed E-state index contributed by atoms with van der Waals surface area (Å²) in [6, 6.07) is 14.1. The van der Waals surface area contributed by atoms with E-state index in [9.17, 15) is 27.2 Å². The molecule has 1 aromatic heterocycles. The summed E-state index contributed by atoms with van der Waals surface area (Å²) in [5, 5.41) is 0.402. The second kappa shape index (κ2) is 10.3. The van der Waals surface area contributed by atoms with E-state index in [1.54, 1.807) is 19.1 Å². The van der Waals surface area contributed by atoms with E-state index in [1.165, 1.54) is 58.5 Å². The number of halogens is 1. The summed E-state index contributed by atoms with van der Waals surface area (Å²) >= 11 is 0. The lowest BCUT2D eigenvalue weighted by Gasteiger charge is -2.36. The maximum atomic E-state index is 13.5. The van der Waals surface area contributed by atoms with E-state index in [2.05, 4.69) is 5.32 Å². The van der Waals surface area contributed by atoms with Crippen LogP contribution in [0.3, 0.4) is 0 Å². The summed E-state index contributed by atoms with van der Waals surface area (Å²) in [6.45, 7) is 2.10. The number of hydrogen-bond acceptors (Lipinski definition) is 6. The number of sulfone groups is 1. The first-order chi connectivity index (χ1) is 17.2. The average molecular weight is 514 g/mol. The lowest BCUT2D eigenvalue weighted by Crippen LogP contribution is -2.57. The van der Waals surface area contributed by atoms with Crippen molar-refractivity contribution in [3.63, 3.8) is 0 Å². The van der Waals surface area contributed by atoms with Gasteiger partial charge in [-0.05, 0) is 49.4 Å². The Balaban J connectivity index is 1.53. The van der Waals surface area contributed by atoms with Crippen molar-refractivity contribution in [2.24, 2.45) is 0 Å². The molecule has 0 saturated carbocycles. The van der Waals surface area contributed by atoms with Gasteiger partial charge in [-0.25, -0.2) is 12.8 Å². The fourth-order valence-electron chi connectivity index (χ4n) is 3.83. The standard InChI is InChI=1S/C25H24FN3O6S/c1-17-7-9-20(10-8-17)36(33,34)23(27-22(30)21-6-3-15-35-21)25(32)29-13-11-28(12-14-29)24(31)18-4-2-5-19(26)16-18/h2-10,15-16,23H,11-14H2,1H3,(H,27,30)/t23-/m1/s1. The highest BCUT2D eigenvalue weighted by Crippen LogP contribution is 2.19. The fraction of sp³-hybridized carbons (Fsp3) is 0.240. The molecule has 2 aromatic carbocycles. The van der Waals surface area contributed by atoms with Crippen LogP contribution in [0, 0.1) is 12.7 Å². The Morgan fingerprint density at radius 1 is 0.944 bits per heavy atom. The maximum absolute atomic E-state index is 13.5. The molecule has 4 rings (SSSR count). The van der Waals surface area contributed by atoms with Crippen molar-refractivity contribution in [3.05, 3.63) is 89.6 Å². The number of aryl methyl sites for hydroxylation is 1. The Labute approximate surface area is 207 Å². The number of nitrogens with zero attached hydrogens (tertiary/aromatic N) is 2. The zero-order valence-electron chi connectivity index (χ0n) is 19.4. The second-order valence-electron chi connectivity index (χ2n) is 8.32. The molecule has 1 atom stereocenters. The van der Waals surface area contributed by atoms with Crippen molar-refractivity contribution in [2.75, 3.05) is 26.2 Å². The second-order valence-corrected chi connectivity index (χ2v) is 10.3. The minimum absolute atomic E-state index is 0.0381. The Morgan fingerprint density at radius 2 is 1.61 bits per heavy atom. The van der Waals surface area contributed by atoms with Gasteiger partial charge in [-0.3, -0.25) is 14.4 Å². The van der Waals surface area contributed by atoms with Gasteiger partial charge in [0.25, 0.3) is 17.7 Å². The van der Waals surface area contributed by atoms with Crippen LogP contribution in [0.15, 0.2) is 76.2 Å². The number of carbonyl (C=O) groups is 3. The van der Waals surface area contributed by atoms with Gasteiger partial charge in [0.15, 0.2) is 5.76 Å². The van der Waals surface area contributed by atoms with E-state index in [1.807, 2.05) is 0 Å². The first-order valence-electron chi connectivity index (χ1n) is 11.2. The molecule has 36 heavy (non-hydrogen) atoms. The average Bonchev–Trinajstić information content (AvgIpc) is 3.42. The molecule has 0 aliphatic carbocycles. The molecule has 188 valence electrons. The summed E-state index contributed by atoms with van der Waals surface area (Å²) in [7, 11) is -4.32. The van der Waals surface area contributed by atoms with Crippen molar-refractivity contribution in [3.8, 4) is 0 Å². The van der Waals surface area contributed by atoms with Crippen LogP contribution in [0.2, 0.25) is 0 Å². The van der Waals surface area contributed by atoms with Gasteiger partial charge < -0.3 is 19.5 Å². The summed E-state index contributed by atoms with van der Waals surface area (Å²) in [5.74, 6) is -2.75. The fourth-order valence-corrected chi connectivity index (χ4v) is 5.30. The van der Waals surface area contributed by atoms with Crippen molar-refractivity contribution in [2.45, 2.75) is 17.2 Å². The summed E-state index contributed by atoms with van der Waals surface area (Å²) in [6.07, 6.45) is 1.26. The number of furan rings is 1. The van der Waals surface area contributed by atoms with Gasteiger partial charge in [0.1, 0.15) is 5.82 Å². The molecule has 3 amide bonds. The zero-order chi connectivity index (χ0) is 25.9. The Hall–Kier alpha value is -3.99. The summed E-state index contributed by atoms with van der Waals surface area (Å²) in [4.78, 5) is 41.4. The maximum Gasteiger partial charge on any atom is 0.288 e. The van der Waals surface area contributed by atoms with E-state index in [-0.39, 0.29) is 42.4 Å². The molecule has 3 aromatic rings. The molecule has 9 nitrogen and oxygen atoms in total. The highest BCUT2D eigenvalue weighted by Gasteiger charge is 2.40. The summed E-state index contributed by atoms with van der Waals surface area (Å²) in [5.41, 5.74) is 1.01. The highest BCUT2D eigenvalue weighted by atomic mass is 32.2. The number of rotatable bonds is 6. The van der Waals surface area contributed by atoms with E-state index in [0.29, 0.717) is 0 Å². The molecule has 0 bridgehead atoms. The van der Waals surface area contributed by atoms with Crippen LogP contribution in [0.1, 0.15) is 26.5 Å². The van der Waals surface area contributed by atoms with E-state index in [4.69, 9.17) is 4.42 Å². The SMILES string of the molecule is Cc1ccc(S(=O)(=O)[C@@H](NC(=O)c2ccco2)C(=O)N2CCN(C(=O)c3cccc(F)c3)CC2)cc1. The van der Waals surface area contributed by atoms with Crippen LogP contribution in [0.5, 0.6) is 0 Å².